The van der Waals surface area contributed by atoms with Crippen molar-refractivity contribution in [2.75, 3.05) is 7.11 Å². The van der Waals surface area contributed by atoms with Crippen LogP contribution in [0.1, 0.15) is 11.1 Å². The summed E-state index contributed by atoms with van der Waals surface area (Å²) in [5.41, 5.74) is 1.09. The second-order valence-electron chi connectivity index (χ2n) is 2.87. The highest BCUT2D eigenvalue weighted by Crippen LogP contribution is 2.39. The molecule has 1 unspecified atom stereocenters. The molecule has 0 bridgehead atoms. The average molecular weight is 213 g/mol. The lowest BCUT2D eigenvalue weighted by atomic mass is 10.1. The molecular formula is C9H9ClN2O2. The fourth-order valence-electron chi connectivity index (χ4n) is 1.31. The predicted molar refractivity (Wildman–Crippen MR) is 54.5 cm³/mol. The lowest BCUT2D eigenvalue weighted by Crippen LogP contribution is -2.17. The number of methoxy groups -OCH3 is 1. The Morgan fingerprint density at radius 2 is 2.36 bits per heavy atom. The molecule has 2 N–H and O–H groups in total. The van der Waals surface area contributed by atoms with Gasteiger partial charge in [0.15, 0.2) is 11.5 Å². The van der Waals surface area contributed by atoms with Crippen LogP contribution >= 0.6 is 11.6 Å². The van der Waals surface area contributed by atoms with E-state index in [-0.39, 0.29) is 11.3 Å². The zero-order chi connectivity index (χ0) is 10.1. The van der Waals surface area contributed by atoms with E-state index in [1.807, 2.05) is 0 Å². The first-order valence-electron chi connectivity index (χ1n) is 4.06. The molecule has 4 nitrogen and oxygen atoms in total. The van der Waals surface area contributed by atoms with Gasteiger partial charge in [0.05, 0.1) is 19.1 Å². The number of alkyl halides is 1. The SMILES string of the molecule is COc1cc2c(cc1O)C(Cl)NC=N2. The highest BCUT2D eigenvalue weighted by Gasteiger charge is 2.17. The number of fused-ring (bicyclic) bond motifs is 1. The van der Waals surface area contributed by atoms with Gasteiger partial charge < -0.3 is 15.2 Å². The van der Waals surface area contributed by atoms with Gasteiger partial charge in [-0.05, 0) is 6.07 Å². The molecule has 0 aromatic heterocycles. The summed E-state index contributed by atoms with van der Waals surface area (Å²) in [5, 5.41) is 12.3. The first-order valence-corrected chi connectivity index (χ1v) is 4.49. The summed E-state index contributed by atoms with van der Waals surface area (Å²) in [6.45, 7) is 0. The van der Waals surface area contributed by atoms with E-state index in [0.29, 0.717) is 11.4 Å². The first-order chi connectivity index (χ1) is 6.72. The number of aromatic hydroxyl groups is 1. The van der Waals surface area contributed by atoms with Gasteiger partial charge in [0, 0.05) is 11.6 Å². The Morgan fingerprint density at radius 3 is 3.07 bits per heavy atom. The fraction of sp³-hybridized carbons (Fsp3) is 0.222. The third-order valence-corrected chi connectivity index (χ3v) is 2.39. The van der Waals surface area contributed by atoms with Crippen molar-refractivity contribution in [3.63, 3.8) is 0 Å². The number of halogens is 1. The van der Waals surface area contributed by atoms with Gasteiger partial charge in [-0.25, -0.2) is 4.99 Å². The summed E-state index contributed by atoms with van der Waals surface area (Å²) in [4.78, 5) is 4.08. The Kier molecular flexibility index (Phi) is 2.21. The largest absolute Gasteiger partial charge is 0.504 e. The number of hydrogen-bond donors (Lipinski definition) is 2. The van der Waals surface area contributed by atoms with Crippen LogP contribution in [0.25, 0.3) is 0 Å². The molecule has 2 rings (SSSR count). The fourth-order valence-corrected chi connectivity index (χ4v) is 1.55. The maximum atomic E-state index is 9.52. The van der Waals surface area contributed by atoms with Gasteiger partial charge in [-0.15, -0.1) is 0 Å². The zero-order valence-corrected chi connectivity index (χ0v) is 8.25. The number of phenols is 1. The normalized spacial score (nSPS) is 18.6. The van der Waals surface area contributed by atoms with Crippen molar-refractivity contribution in [2.24, 2.45) is 4.99 Å². The molecule has 0 saturated carbocycles. The van der Waals surface area contributed by atoms with E-state index < -0.39 is 0 Å². The van der Waals surface area contributed by atoms with Crippen LogP contribution in [-0.4, -0.2) is 18.6 Å². The standard InChI is InChI=1S/C9H9ClN2O2/c1-14-8-3-6-5(2-7(8)13)9(10)12-4-11-6/h2-4,9,13H,1H3,(H,11,12). The number of hydrogen-bond acceptors (Lipinski definition) is 4. The molecule has 14 heavy (non-hydrogen) atoms. The van der Waals surface area contributed by atoms with Gasteiger partial charge in [0.2, 0.25) is 0 Å². The minimum atomic E-state index is -0.362. The second kappa shape index (κ2) is 3.38. The second-order valence-corrected chi connectivity index (χ2v) is 3.31. The molecule has 0 saturated heterocycles. The number of aliphatic imine (C=N–C) groups is 1. The Morgan fingerprint density at radius 1 is 1.57 bits per heavy atom. The predicted octanol–water partition coefficient (Wildman–Crippen LogP) is 1.90. The first kappa shape index (κ1) is 9.15. The number of ether oxygens (including phenoxy) is 1. The molecule has 1 aliphatic rings. The van der Waals surface area contributed by atoms with E-state index >= 15 is 0 Å². The molecule has 1 aliphatic heterocycles. The monoisotopic (exact) mass is 212 g/mol. The van der Waals surface area contributed by atoms with Crippen molar-refractivity contribution in [2.45, 2.75) is 5.50 Å². The van der Waals surface area contributed by atoms with Crippen LogP contribution in [0.3, 0.4) is 0 Å². The van der Waals surface area contributed by atoms with Crippen molar-refractivity contribution in [3.8, 4) is 11.5 Å². The van der Waals surface area contributed by atoms with Crippen molar-refractivity contribution in [1.82, 2.24) is 5.32 Å². The number of nitrogens with zero attached hydrogens (tertiary/aromatic N) is 1. The summed E-state index contributed by atoms with van der Waals surface area (Å²) in [5.74, 6) is 0.461. The van der Waals surface area contributed by atoms with E-state index in [1.165, 1.54) is 13.4 Å². The van der Waals surface area contributed by atoms with Crippen LogP contribution < -0.4 is 10.1 Å². The Labute approximate surface area is 86.2 Å². The maximum Gasteiger partial charge on any atom is 0.162 e. The smallest absolute Gasteiger partial charge is 0.162 e. The minimum absolute atomic E-state index is 0.0656. The van der Waals surface area contributed by atoms with Gasteiger partial charge in [-0.2, -0.15) is 0 Å². The highest BCUT2D eigenvalue weighted by atomic mass is 35.5. The van der Waals surface area contributed by atoms with Crippen molar-refractivity contribution in [1.29, 1.82) is 0 Å². The molecule has 5 heteroatoms. The van der Waals surface area contributed by atoms with Crippen LogP contribution in [0.15, 0.2) is 17.1 Å². The Balaban J connectivity index is 2.55. The lowest BCUT2D eigenvalue weighted by Gasteiger charge is -2.18. The third-order valence-electron chi connectivity index (χ3n) is 2.03. The van der Waals surface area contributed by atoms with E-state index in [9.17, 15) is 5.11 Å². The van der Waals surface area contributed by atoms with Gasteiger partial charge in [0.25, 0.3) is 0 Å². The molecule has 0 spiro atoms. The summed E-state index contributed by atoms with van der Waals surface area (Å²) in [6.07, 6.45) is 1.52. The molecule has 1 atom stereocenters. The van der Waals surface area contributed by atoms with Gasteiger partial charge >= 0.3 is 0 Å². The van der Waals surface area contributed by atoms with E-state index in [0.717, 1.165) is 5.56 Å². The Bertz CT molecular complexity index is 393. The van der Waals surface area contributed by atoms with E-state index in [4.69, 9.17) is 16.3 Å². The number of rotatable bonds is 1. The molecule has 1 aromatic rings. The highest BCUT2D eigenvalue weighted by molar-refractivity contribution is 6.22. The molecule has 1 heterocycles. The molecule has 0 fully saturated rings. The number of benzene rings is 1. The van der Waals surface area contributed by atoms with Crippen LogP contribution in [0.2, 0.25) is 0 Å². The summed E-state index contributed by atoms with van der Waals surface area (Å²) in [7, 11) is 1.49. The summed E-state index contributed by atoms with van der Waals surface area (Å²) >= 11 is 5.96. The summed E-state index contributed by atoms with van der Waals surface area (Å²) < 4.78 is 4.96. The minimum Gasteiger partial charge on any atom is -0.504 e. The van der Waals surface area contributed by atoms with Crippen molar-refractivity contribution >= 4 is 23.6 Å². The molecular weight excluding hydrogens is 204 g/mol. The van der Waals surface area contributed by atoms with Crippen LogP contribution in [-0.2, 0) is 0 Å². The molecule has 0 amide bonds. The lowest BCUT2D eigenvalue weighted by molar-refractivity contribution is 0.373. The zero-order valence-electron chi connectivity index (χ0n) is 7.49. The summed E-state index contributed by atoms with van der Waals surface area (Å²) in [6, 6.07) is 3.20. The average Bonchev–Trinajstić information content (AvgIpc) is 2.19. The maximum absolute atomic E-state index is 9.52. The van der Waals surface area contributed by atoms with Gasteiger partial charge in [0.1, 0.15) is 5.50 Å². The van der Waals surface area contributed by atoms with Crippen LogP contribution in [0.4, 0.5) is 5.69 Å². The Hall–Kier alpha value is -1.42. The molecule has 0 aliphatic carbocycles. The topological polar surface area (TPSA) is 53.9 Å². The molecule has 74 valence electrons. The van der Waals surface area contributed by atoms with Crippen LogP contribution in [0.5, 0.6) is 11.5 Å². The van der Waals surface area contributed by atoms with E-state index in [1.54, 1.807) is 12.1 Å². The quantitative estimate of drug-likeness (QED) is 0.552. The molecule has 1 aromatic carbocycles. The van der Waals surface area contributed by atoms with Crippen molar-refractivity contribution < 1.29 is 9.84 Å². The van der Waals surface area contributed by atoms with E-state index in [2.05, 4.69) is 10.3 Å². The number of nitrogens with one attached hydrogen (secondary N) is 1. The van der Waals surface area contributed by atoms with Gasteiger partial charge in [-0.1, -0.05) is 11.6 Å². The number of phenolic OH excluding ortho intramolecular Hbond substituents is 1. The van der Waals surface area contributed by atoms with Crippen LogP contribution in [0, 0.1) is 0 Å². The third kappa shape index (κ3) is 1.37. The van der Waals surface area contributed by atoms with Gasteiger partial charge in [-0.3, -0.25) is 0 Å². The molecule has 0 radical (unpaired) electrons. The van der Waals surface area contributed by atoms with Crippen molar-refractivity contribution in [3.05, 3.63) is 17.7 Å².